The number of benzene rings is 1. The van der Waals surface area contributed by atoms with Crippen molar-refractivity contribution in [2.24, 2.45) is 0 Å². The average Bonchev–Trinajstić information content (AvgIpc) is 2.47. The summed E-state index contributed by atoms with van der Waals surface area (Å²) in [5.41, 5.74) is 7.08. The standard InChI is InChI=1S/C15H17N5O/c1-4-10-16-19-14-17-13(20(5-2)15(21)18-14)12-9-7-6-8-11(12)3/h1,6-9,16H,5,10H2,2-3H3,(H,18,19,21). The lowest BCUT2D eigenvalue weighted by Gasteiger charge is -2.13. The fourth-order valence-corrected chi connectivity index (χ4v) is 1.97. The van der Waals surface area contributed by atoms with Crippen molar-refractivity contribution in [3.8, 4) is 23.7 Å². The van der Waals surface area contributed by atoms with Crippen molar-refractivity contribution >= 4 is 5.95 Å². The van der Waals surface area contributed by atoms with E-state index in [1.807, 2.05) is 38.1 Å². The normalized spacial score (nSPS) is 10.1. The lowest BCUT2D eigenvalue weighted by Crippen LogP contribution is -2.30. The summed E-state index contributed by atoms with van der Waals surface area (Å²) in [5.74, 6) is 3.21. The fourth-order valence-electron chi connectivity index (χ4n) is 1.97. The van der Waals surface area contributed by atoms with E-state index < -0.39 is 0 Å². The van der Waals surface area contributed by atoms with Gasteiger partial charge in [0.15, 0.2) is 0 Å². The third-order valence-electron chi connectivity index (χ3n) is 2.99. The van der Waals surface area contributed by atoms with E-state index in [1.165, 1.54) is 4.57 Å². The van der Waals surface area contributed by atoms with Crippen LogP contribution >= 0.6 is 0 Å². The van der Waals surface area contributed by atoms with Gasteiger partial charge in [0.1, 0.15) is 5.82 Å². The van der Waals surface area contributed by atoms with Crippen molar-refractivity contribution < 1.29 is 0 Å². The van der Waals surface area contributed by atoms with E-state index >= 15 is 0 Å². The van der Waals surface area contributed by atoms with E-state index in [0.29, 0.717) is 18.9 Å². The zero-order chi connectivity index (χ0) is 15.2. The highest BCUT2D eigenvalue weighted by Gasteiger charge is 2.12. The minimum Gasteiger partial charge on any atom is -0.289 e. The molecule has 2 N–H and O–H groups in total. The van der Waals surface area contributed by atoms with Gasteiger partial charge in [-0.3, -0.25) is 9.99 Å². The zero-order valence-electron chi connectivity index (χ0n) is 12.1. The molecule has 0 saturated heterocycles. The number of rotatable bonds is 5. The van der Waals surface area contributed by atoms with Crippen molar-refractivity contribution in [2.45, 2.75) is 20.4 Å². The first kappa shape index (κ1) is 14.8. The van der Waals surface area contributed by atoms with Crippen molar-refractivity contribution in [1.29, 1.82) is 0 Å². The van der Waals surface area contributed by atoms with E-state index in [9.17, 15) is 4.79 Å². The van der Waals surface area contributed by atoms with Gasteiger partial charge >= 0.3 is 5.69 Å². The Morgan fingerprint density at radius 2 is 2.10 bits per heavy atom. The van der Waals surface area contributed by atoms with Gasteiger partial charge in [0, 0.05) is 12.1 Å². The summed E-state index contributed by atoms with van der Waals surface area (Å²) in [6, 6.07) is 7.77. The first-order valence-electron chi connectivity index (χ1n) is 6.64. The van der Waals surface area contributed by atoms with Crippen LogP contribution in [0.2, 0.25) is 0 Å². The fraction of sp³-hybridized carbons (Fsp3) is 0.267. The Labute approximate surface area is 123 Å². The number of aryl methyl sites for hydroxylation is 1. The molecular weight excluding hydrogens is 266 g/mol. The molecule has 6 heteroatoms. The molecule has 0 amide bonds. The summed E-state index contributed by atoms with van der Waals surface area (Å²) in [6.07, 6.45) is 5.15. The van der Waals surface area contributed by atoms with Crippen LogP contribution in [0.5, 0.6) is 0 Å². The SMILES string of the molecule is C#CCNNc1nc(-c2ccccc2C)n(CC)c(=O)n1. The largest absolute Gasteiger partial charge is 0.352 e. The number of aromatic nitrogens is 3. The molecule has 2 rings (SSSR count). The highest BCUT2D eigenvalue weighted by Crippen LogP contribution is 2.20. The van der Waals surface area contributed by atoms with E-state index in [1.54, 1.807) is 0 Å². The van der Waals surface area contributed by atoms with Gasteiger partial charge in [-0.05, 0) is 19.4 Å². The number of nitrogens with one attached hydrogen (secondary N) is 2. The lowest BCUT2D eigenvalue weighted by molar-refractivity contribution is 0.683. The van der Waals surface area contributed by atoms with Crippen LogP contribution < -0.4 is 16.5 Å². The molecule has 2 aromatic rings. The number of hydrazine groups is 1. The number of hydrogen-bond donors (Lipinski definition) is 2. The van der Waals surface area contributed by atoms with Gasteiger partial charge in [-0.25, -0.2) is 10.2 Å². The summed E-state index contributed by atoms with van der Waals surface area (Å²) < 4.78 is 1.54. The summed E-state index contributed by atoms with van der Waals surface area (Å²) in [4.78, 5) is 20.4. The summed E-state index contributed by atoms with van der Waals surface area (Å²) in [5, 5.41) is 0. The molecule has 1 aromatic carbocycles. The number of hydrogen-bond acceptors (Lipinski definition) is 5. The highest BCUT2D eigenvalue weighted by atomic mass is 16.1. The van der Waals surface area contributed by atoms with Crippen LogP contribution in [0.4, 0.5) is 5.95 Å². The molecule has 6 nitrogen and oxygen atoms in total. The maximum atomic E-state index is 12.1. The molecule has 0 aliphatic heterocycles. The minimum absolute atomic E-state index is 0.207. The molecule has 108 valence electrons. The summed E-state index contributed by atoms with van der Waals surface area (Å²) >= 11 is 0. The first-order valence-corrected chi connectivity index (χ1v) is 6.64. The van der Waals surface area contributed by atoms with Crippen molar-refractivity contribution in [3.63, 3.8) is 0 Å². The molecule has 0 radical (unpaired) electrons. The van der Waals surface area contributed by atoms with Crippen LogP contribution in [0, 0.1) is 19.3 Å². The maximum Gasteiger partial charge on any atom is 0.352 e. The molecule has 21 heavy (non-hydrogen) atoms. The highest BCUT2D eigenvalue weighted by molar-refractivity contribution is 5.60. The number of terminal acetylenes is 1. The van der Waals surface area contributed by atoms with Crippen molar-refractivity contribution in [2.75, 3.05) is 12.0 Å². The molecule has 1 aromatic heterocycles. The summed E-state index contributed by atoms with van der Waals surface area (Å²) in [7, 11) is 0. The monoisotopic (exact) mass is 283 g/mol. The number of anilines is 1. The first-order chi connectivity index (χ1) is 10.2. The maximum absolute atomic E-state index is 12.1. The predicted molar refractivity (Wildman–Crippen MR) is 82.6 cm³/mol. The second kappa shape index (κ2) is 6.68. The zero-order valence-corrected chi connectivity index (χ0v) is 12.1. The second-order valence-corrected chi connectivity index (χ2v) is 4.40. The number of nitrogens with zero attached hydrogens (tertiary/aromatic N) is 3. The third-order valence-corrected chi connectivity index (χ3v) is 2.99. The van der Waals surface area contributed by atoms with Gasteiger partial charge in [0.05, 0.1) is 6.54 Å². The van der Waals surface area contributed by atoms with Gasteiger partial charge in [-0.2, -0.15) is 9.97 Å². The molecule has 0 fully saturated rings. The Kier molecular flexibility index (Phi) is 4.69. The van der Waals surface area contributed by atoms with Crippen molar-refractivity contribution in [3.05, 3.63) is 40.3 Å². The molecule has 1 heterocycles. The Bertz CT molecular complexity index is 730. The van der Waals surface area contributed by atoms with Gasteiger partial charge in [0.2, 0.25) is 5.95 Å². The molecule has 0 bridgehead atoms. The molecule has 0 atom stereocenters. The molecule has 0 aliphatic carbocycles. The minimum atomic E-state index is -0.351. The van der Waals surface area contributed by atoms with Crippen LogP contribution in [-0.4, -0.2) is 21.1 Å². The van der Waals surface area contributed by atoms with E-state index in [0.717, 1.165) is 11.1 Å². The van der Waals surface area contributed by atoms with E-state index in [4.69, 9.17) is 6.42 Å². The Morgan fingerprint density at radius 1 is 1.33 bits per heavy atom. The van der Waals surface area contributed by atoms with Gasteiger partial charge in [-0.1, -0.05) is 30.2 Å². The molecule has 0 saturated carbocycles. The Morgan fingerprint density at radius 3 is 2.76 bits per heavy atom. The van der Waals surface area contributed by atoms with Crippen LogP contribution in [0.3, 0.4) is 0 Å². The molecule has 0 spiro atoms. The average molecular weight is 283 g/mol. The van der Waals surface area contributed by atoms with Gasteiger partial charge in [0.25, 0.3) is 0 Å². The van der Waals surface area contributed by atoms with E-state index in [-0.39, 0.29) is 11.6 Å². The summed E-state index contributed by atoms with van der Waals surface area (Å²) in [6.45, 7) is 4.67. The second-order valence-electron chi connectivity index (χ2n) is 4.40. The van der Waals surface area contributed by atoms with Crippen LogP contribution in [0.25, 0.3) is 11.4 Å². The van der Waals surface area contributed by atoms with Gasteiger partial charge < -0.3 is 0 Å². The van der Waals surface area contributed by atoms with Crippen molar-refractivity contribution in [1.82, 2.24) is 20.0 Å². The quantitative estimate of drug-likeness (QED) is 0.490. The predicted octanol–water partition coefficient (Wildman–Crippen LogP) is 1.18. The smallest absolute Gasteiger partial charge is 0.289 e. The topological polar surface area (TPSA) is 71.8 Å². The van der Waals surface area contributed by atoms with Crippen LogP contribution in [0.15, 0.2) is 29.1 Å². The lowest BCUT2D eigenvalue weighted by atomic mass is 10.1. The van der Waals surface area contributed by atoms with Gasteiger partial charge in [-0.15, -0.1) is 6.42 Å². The van der Waals surface area contributed by atoms with E-state index in [2.05, 4.69) is 26.7 Å². The third kappa shape index (κ3) is 3.27. The van der Waals surface area contributed by atoms with Crippen LogP contribution in [0.1, 0.15) is 12.5 Å². The Hall–Kier alpha value is -2.65. The molecule has 0 unspecified atom stereocenters. The molecular formula is C15H17N5O. The van der Waals surface area contributed by atoms with Crippen LogP contribution in [-0.2, 0) is 6.54 Å². The Balaban J connectivity index is 2.50. The molecule has 0 aliphatic rings.